The number of halogens is 3. The van der Waals surface area contributed by atoms with E-state index in [1.807, 2.05) is 19.1 Å². The first kappa shape index (κ1) is 24.1. The van der Waals surface area contributed by atoms with Crippen LogP contribution in [-0.4, -0.2) is 32.5 Å². The SMILES string of the molecule is CCCOCCc1c(C)c(-n2cccc2)cc(-c2ccc(S(C)(=O)=O)cc2)c1C(F)(F)F. The van der Waals surface area contributed by atoms with Crippen LogP contribution in [0.2, 0.25) is 0 Å². The van der Waals surface area contributed by atoms with E-state index in [1.165, 1.54) is 30.3 Å². The molecule has 0 atom stereocenters. The lowest BCUT2D eigenvalue weighted by molar-refractivity contribution is -0.137. The Hall–Kier alpha value is -2.58. The van der Waals surface area contributed by atoms with E-state index in [4.69, 9.17) is 4.74 Å². The Morgan fingerprint density at radius 1 is 1.03 bits per heavy atom. The van der Waals surface area contributed by atoms with Crippen molar-refractivity contribution in [3.8, 4) is 16.8 Å². The van der Waals surface area contributed by atoms with Crippen molar-refractivity contribution in [1.29, 1.82) is 0 Å². The van der Waals surface area contributed by atoms with Crippen LogP contribution < -0.4 is 0 Å². The molecule has 172 valence electrons. The quantitative estimate of drug-likeness (QED) is 0.393. The van der Waals surface area contributed by atoms with Gasteiger partial charge in [-0.15, -0.1) is 0 Å². The molecule has 0 aliphatic carbocycles. The predicted octanol–water partition coefficient (Wildman–Crippen LogP) is 5.84. The molecule has 0 unspecified atom stereocenters. The first-order valence-corrected chi connectivity index (χ1v) is 12.2. The van der Waals surface area contributed by atoms with Crippen LogP contribution in [0.25, 0.3) is 16.8 Å². The highest BCUT2D eigenvalue weighted by atomic mass is 32.2. The van der Waals surface area contributed by atoms with E-state index in [1.54, 1.807) is 23.9 Å². The van der Waals surface area contributed by atoms with Crippen LogP contribution in [0.3, 0.4) is 0 Å². The van der Waals surface area contributed by atoms with Crippen LogP contribution in [0.4, 0.5) is 13.2 Å². The smallest absolute Gasteiger partial charge is 0.381 e. The number of hydrogen-bond donors (Lipinski definition) is 0. The fourth-order valence-electron chi connectivity index (χ4n) is 3.75. The van der Waals surface area contributed by atoms with Crippen molar-refractivity contribution in [2.45, 2.75) is 37.8 Å². The van der Waals surface area contributed by atoms with Gasteiger partial charge in [-0.3, -0.25) is 0 Å². The zero-order chi connectivity index (χ0) is 23.5. The maximum Gasteiger partial charge on any atom is 0.417 e. The monoisotopic (exact) mass is 465 g/mol. The zero-order valence-corrected chi connectivity index (χ0v) is 19.1. The van der Waals surface area contributed by atoms with Crippen LogP contribution >= 0.6 is 0 Å². The number of hydrogen-bond acceptors (Lipinski definition) is 3. The van der Waals surface area contributed by atoms with Gasteiger partial charge >= 0.3 is 6.18 Å². The standard InChI is InChI=1S/C24H26F3NO3S/c1-4-14-31-15-11-20-17(2)22(28-12-5-6-13-28)16-21(23(20)24(25,26)27)18-7-9-19(10-8-18)32(3,29)30/h5-10,12-13,16H,4,11,14-15H2,1-3H3. The second kappa shape index (κ2) is 9.50. The summed E-state index contributed by atoms with van der Waals surface area (Å²) >= 11 is 0. The van der Waals surface area contributed by atoms with Gasteiger partial charge in [-0.25, -0.2) is 8.42 Å². The molecule has 0 saturated heterocycles. The summed E-state index contributed by atoms with van der Waals surface area (Å²) in [5, 5.41) is 0. The second-order valence-corrected chi connectivity index (χ2v) is 9.68. The van der Waals surface area contributed by atoms with Gasteiger partial charge in [0.25, 0.3) is 0 Å². The molecule has 0 bridgehead atoms. The number of nitrogens with zero attached hydrogens (tertiary/aromatic N) is 1. The Morgan fingerprint density at radius 2 is 1.66 bits per heavy atom. The number of rotatable bonds is 8. The van der Waals surface area contributed by atoms with Crippen molar-refractivity contribution in [3.05, 3.63) is 71.5 Å². The van der Waals surface area contributed by atoms with Crippen molar-refractivity contribution >= 4 is 9.84 Å². The van der Waals surface area contributed by atoms with Gasteiger partial charge in [0, 0.05) is 30.9 Å². The van der Waals surface area contributed by atoms with Gasteiger partial charge < -0.3 is 9.30 Å². The molecular formula is C24H26F3NO3S. The van der Waals surface area contributed by atoms with E-state index in [2.05, 4.69) is 0 Å². The highest BCUT2D eigenvalue weighted by molar-refractivity contribution is 7.90. The maximum absolute atomic E-state index is 14.3. The van der Waals surface area contributed by atoms with Gasteiger partial charge in [-0.05, 0) is 72.4 Å². The molecule has 0 aliphatic rings. The van der Waals surface area contributed by atoms with Gasteiger partial charge in [-0.2, -0.15) is 13.2 Å². The molecule has 0 saturated carbocycles. The van der Waals surface area contributed by atoms with E-state index in [9.17, 15) is 21.6 Å². The van der Waals surface area contributed by atoms with Crippen LogP contribution in [0, 0.1) is 6.92 Å². The van der Waals surface area contributed by atoms with Crippen LogP contribution in [0.1, 0.15) is 30.0 Å². The van der Waals surface area contributed by atoms with Gasteiger partial charge in [0.1, 0.15) is 0 Å². The normalized spacial score (nSPS) is 12.3. The Kier molecular flexibility index (Phi) is 7.15. The number of benzene rings is 2. The number of ether oxygens (including phenoxy) is 1. The third-order valence-electron chi connectivity index (χ3n) is 5.29. The average Bonchev–Trinajstić information content (AvgIpc) is 3.25. The number of alkyl halides is 3. The molecule has 32 heavy (non-hydrogen) atoms. The predicted molar refractivity (Wildman–Crippen MR) is 119 cm³/mol. The van der Waals surface area contributed by atoms with Gasteiger partial charge in [0.15, 0.2) is 9.84 Å². The van der Waals surface area contributed by atoms with Crippen LogP contribution in [-0.2, 0) is 27.2 Å². The highest BCUT2D eigenvalue weighted by Crippen LogP contribution is 2.43. The fourth-order valence-corrected chi connectivity index (χ4v) is 4.38. The second-order valence-electron chi connectivity index (χ2n) is 7.67. The highest BCUT2D eigenvalue weighted by Gasteiger charge is 2.38. The molecule has 1 heterocycles. The first-order chi connectivity index (χ1) is 15.0. The lowest BCUT2D eigenvalue weighted by Crippen LogP contribution is -2.16. The minimum atomic E-state index is -4.59. The molecule has 0 radical (unpaired) electrons. The third-order valence-corrected chi connectivity index (χ3v) is 6.42. The van der Waals surface area contributed by atoms with Gasteiger partial charge in [-0.1, -0.05) is 19.1 Å². The Labute approximate surface area is 186 Å². The molecule has 3 rings (SSSR count). The Bertz CT molecular complexity index is 1170. The molecule has 1 aromatic heterocycles. The van der Waals surface area contributed by atoms with Crippen molar-refractivity contribution in [3.63, 3.8) is 0 Å². The molecule has 0 N–H and O–H groups in total. The summed E-state index contributed by atoms with van der Waals surface area (Å²) in [5.41, 5.74) is 0.951. The van der Waals surface area contributed by atoms with E-state index >= 15 is 0 Å². The maximum atomic E-state index is 14.3. The van der Waals surface area contributed by atoms with E-state index in [-0.39, 0.29) is 29.1 Å². The molecule has 8 heteroatoms. The van der Waals surface area contributed by atoms with Gasteiger partial charge in [0.05, 0.1) is 17.1 Å². The third kappa shape index (κ3) is 5.24. The number of sulfone groups is 1. The van der Waals surface area contributed by atoms with E-state index in [0.29, 0.717) is 23.4 Å². The molecule has 4 nitrogen and oxygen atoms in total. The molecule has 0 amide bonds. The summed E-state index contributed by atoms with van der Waals surface area (Å²) in [4.78, 5) is 0.0562. The van der Waals surface area contributed by atoms with Gasteiger partial charge in [0.2, 0.25) is 0 Å². The largest absolute Gasteiger partial charge is 0.417 e. The summed E-state index contributed by atoms with van der Waals surface area (Å²) < 4.78 is 73.9. The lowest BCUT2D eigenvalue weighted by Gasteiger charge is -2.23. The van der Waals surface area contributed by atoms with Crippen LogP contribution in [0.15, 0.2) is 59.8 Å². The zero-order valence-electron chi connectivity index (χ0n) is 18.2. The summed E-state index contributed by atoms with van der Waals surface area (Å²) in [6.07, 6.45) is 0.933. The molecule has 3 aromatic rings. The Balaban J connectivity index is 2.25. The fraction of sp³-hybridized carbons (Fsp3) is 0.333. The summed E-state index contributed by atoms with van der Waals surface area (Å²) in [6.45, 7) is 4.30. The minimum Gasteiger partial charge on any atom is -0.381 e. The molecule has 0 aliphatic heterocycles. The van der Waals surface area contributed by atoms with Crippen molar-refractivity contribution in [2.75, 3.05) is 19.5 Å². The first-order valence-electron chi connectivity index (χ1n) is 10.3. The molecular weight excluding hydrogens is 439 g/mol. The number of aromatic nitrogens is 1. The van der Waals surface area contributed by atoms with E-state index < -0.39 is 21.6 Å². The van der Waals surface area contributed by atoms with Crippen molar-refractivity contribution in [1.82, 2.24) is 4.57 Å². The van der Waals surface area contributed by atoms with Crippen molar-refractivity contribution in [2.24, 2.45) is 0 Å². The van der Waals surface area contributed by atoms with E-state index in [0.717, 1.165) is 12.7 Å². The minimum absolute atomic E-state index is 0.0114. The summed E-state index contributed by atoms with van der Waals surface area (Å²) in [7, 11) is -3.46. The Morgan fingerprint density at radius 3 is 2.19 bits per heavy atom. The van der Waals surface area contributed by atoms with Crippen molar-refractivity contribution < 1.29 is 26.3 Å². The summed E-state index contributed by atoms with van der Waals surface area (Å²) in [6, 6.07) is 10.7. The molecule has 0 spiro atoms. The molecule has 0 fully saturated rings. The van der Waals surface area contributed by atoms with Crippen LogP contribution in [0.5, 0.6) is 0 Å². The lowest BCUT2D eigenvalue weighted by atomic mass is 9.89. The topological polar surface area (TPSA) is 48.3 Å². The molecule has 2 aromatic carbocycles. The summed E-state index contributed by atoms with van der Waals surface area (Å²) in [5.74, 6) is 0. The average molecular weight is 466 g/mol.